The van der Waals surface area contributed by atoms with E-state index in [9.17, 15) is 8.42 Å². The van der Waals surface area contributed by atoms with Crippen LogP contribution in [0.4, 0.5) is 0 Å². The first kappa shape index (κ1) is 11.2. The fourth-order valence-corrected chi connectivity index (χ4v) is 1.69. The third-order valence-electron chi connectivity index (χ3n) is 1.60. The van der Waals surface area contributed by atoms with Gasteiger partial charge in [-0.15, -0.1) is 0 Å². The van der Waals surface area contributed by atoms with E-state index in [0.717, 1.165) is 0 Å². The molecule has 2 N–H and O–H groups in total. The van der Waals surface area contributed by atoms with Crippen LogP contribution >= 0.6 is 12.6 Å². The first-order chi connectivity index (χ1) is 4.87. The zero-order chi connectivity index (χ0) is 9.12. The second kappa shape index (κ2) is 3.75. The second-order valence-electron chi connectivity index (χ2n) is 2.56. The highest BCUT2D eigenvalue weighted by Gasteiger charge is 2.35. The van der Waals surface area contributed by atoms with E-state index in [1.165, 1.54) is 6.92 Å². The zero-order valence-electron chi connectivity index (χ0n) is 6.19. The van der Waals surface area contributed by atoms with Crippen molar-refractivity contribution in [3.8, 4) is 0 Å². The van der Waals surface area contributed by atoms with Crippen LogP contribution in [0.25, 0.3) is 0 Å². The minimum absolute atomic E-state index is 0.00463. The molecule has 0 fully saturated rings. The number of rotatable bonds is 4. The Morgan fingerprint density at radius 3 is 2.09 bits per heavy atom. The fourth-order valence-electron chi connectivity index (χ4n) is 0.526. The lowest BCUT2D eigenvalue weighted by molar-refractivity contribution is 0.269. The summed E-state index contributed by atoms with van der Waals surface area (Å²) in [6, 6.07) is 0. The second-order valence-corrected chi connectivity index (χ2v) is 4.81. The molecule has 0 amide bonds. The normalized spacial score (nSPS) is 17.8. The molecule has 6 heteroatoms. The van der Waals surface area contributed by atoms with E-state index in [1.54, 1.807) is 0 Å². The van der Waals surface area contributed by atoms with Gasteiger partial charge in [-0.25, -0.2) is 0 Å². The van der Waals surface area contributed by atoms with Crippen molar-refractivity contribution >= 4 is 22.7 Å². The maximum atomic E-state index is 10.7. The van der Waals surface area contributed by atoms with Crippen molar-refractivity contribution in [2.45, 2.75) is 18.1 Å². The van der Waals surface area contributed by atoms with Gasteiger partial charge in [-0.2, -0.15) is 21.0 Å². The molecule has 0 aliphatic heterocycles. The molecular weight excluding hydrogens is 188 g/mol. The molecule has 0 aromatic rings. The van der Waals surface area contributed by atoms with E-state index >= 15 is 0 Å². The van der Waals surface area contributed by atoms with Gasteiger partial charge >= 0.3 is 0 Å². The summed E-state index contributed by atoms with van der Waals surface area (Å²) in [5.41, 5.74) is 0. The quantitative estimate of drug-likeness (QED) is 0.439. The predicted molar refractivity (Wildman–Crippen MR) is 45.5 cm³/mol. The average Bonchev–Trinajstić information content (AvgIpc) is 1.86. The molecule has 0 heterocycles. The summed E-state index contributed by atoms with van der Waals surface area (Å²) < 4.78 is 28.7. The molecule has 0 aliphatic carbocycles. The predicted octanol–water partition coefficient (Wildman–Crippen LogP) is -0.0549. The van der Waals surface area contributed by atoms with Gasteiger partial charge in [0.25, 0.3) is 10.1 Å². The number of aliphatic hydroxyl groups excluding tert-OH is 1. The van der Waals surface area contributed by atoms with Crippen molar-refractivity contribution in [3.05, 3.63) is 0 Å². The van der Waals surface area contributed by atoms with E-state index in [2.05, 4.69) is 12.6 Å². The number of aliphatic hydroxyl groups is 1. The number of hydrogen-bond donors (Lipinski definition) is 3. The Labute approximate surface area is 71.8 Å². The minimum atomic E-state index is -4.11. The molecule has 0 aromatic heterocycles. The van der Waals surface area contributed by atoms with Crippen LogP contribution in [0, 0.1) is 0 Å². The van der Waals surface area contributed by atoms with Crippen LogP contribution in [-0.4, -0.2) is 35.2 Å². The average molecular weight is 200 g/mol. The molecule has 0 spiro atoms. The highest BCUT2D eigenvalue weighted by molar-refractivity contribution is 7.89. The van der Waals surface area contributed by atoms with Crippen LogP contribution < -0.4 is 0 Å². The molecule has 4 nitrogen and oxygen atoms in total. The molecule has 11 heavy (non-hydrogen) atoms. The first-order valence-corrected chi connectivity index (χ1v) is 5.13. The fraction of sp³-hybridized carbons (Fsp3) is 1.00. The Morgan fingerprint density at radius 1 is 1.55 bits per heavy atom. The molecule has 0 aliphatic rings. The van der Waals surface area contributed by atoms with E-state index in [1.807, 2.05) is 0 Å². The van der Waals surface area contributed by atoms with Gasteiger partial charge < -0.3 is 5.11 Å². The Bertz CT molecular complexity index is 211. The summed E-state index contributed by atoms with van der Waals surface area (Å²) in [4.78, 5) is 0. The monoisotopic (exact) mass is 200 g/mol. The summed E-state index contributed by atoms with van der Waals surface area (Å²) in [6.45, 7) is 1.06. The van der Waals surface area contributed by atoms with Crippen molar-refractivity contribution in [2.75, 3.05) is 12.4 Å². The first-order valence-electron chi connectivity index (χ1n) is 3.06. The number of hydrogen-bond acceptors (Lipinski definition) is 4. The molecule has 0 saturated carbocycles. The largest absolute Gasteiger partial charge is 0.396 e. The van der Waals surface area contributed by atoms with E-state index in [-0.39, 0.29) is 18.8 Å². The van der Waals surface area contributed by atoms with Crippen molar-refractivity contribution in [1.82, 2.24) is 0 Å². The van der Waals surface area contributed by atoms with Crippen molar-refractivity contribution in [1.29, 1.82) is 0 Å². The molecule has 0 saturated heterocycles. The zero-order valence-corrected chi connectivity index (χ0v) is 7.90. The van der Waals surface area contributed by atoms with Crippen LogP contribution in [0.2, 0.25) is 0 Å². The van der Waals surface area contributed by atoms with Crippen LogP contribution in [-0.2, 0) is 10.1 Å². The Morgan fingerprint density at radius 2 is 2.00 bits per heavy atom. The molecule has 0 aromatic carbocycles. The number of thiol groups is 1. The molecule has 68 valence electrons. The van der Waals surface area contributed by atoms with Gasteiger partial charge in [-0.1, -0.05) is 0 Å². The molecule has 0 bridgehead atoms. The highest BCUT2D eigenvalue weighted by Crippen LogP contribution is 2.21. The Balaban J connectivity index is 4.61. The third-order valence-corrected chi connectivity index (χ3v) is 4.10. The third kappa shape index (κ3) is 2.62. The molecular formula is C5H12O4S2. The summed E-state index contributed by atoms with van der Waals surface area (Å²) in [6.07, 6.45) is -0.00463. The van der Waals surface area contributed by atoms with Crippen molar-refractivity contribution in [3.63, 3.8) is 0 Å². The van der Waals surface area contributed by atoms with Gasteiger partial charge in [0, 0.05) is 12.4 Å². The summed E-state index contributed by atoms with van der Waals surface area (Å²) in [5.74, 6) is -0.00755. The van der Waals surface area contributed by atoms with Crippen molar-refractivity contribution < 1.29 is 18.1 Å². The Hall–Kier alpha value is 0.220. The van der Waals surface area contributed by atoms with Gasteiger partial charge in [-0.3, -0.25) is 4.55 Å². The van der Waals surface area contributed by atoms with Gasteiger partial charge in [0.2, 0.25) is 0 Å². The minimum Gasteiger partial charge on any atom is -0.396 e. The van der Waals surface area contributed by atoms with Crippen LogP contribution in [0.15, 0.2) is 0 Å². The standard InChI is InChI=1S/C5H12O4S2/c1-5(4-10,2-3-6)11(7,8)9/h6,10H,2-4H2,1H3,(H,7,8,9). The van der Waals surface area contributed by atoms with Gasteiger partial charge in [0.1, 0.15) is 4.75 Å². The SMILES string of the molecule is CC(CS)(CCO)S(=O)(=O)O. The lowest BCUT2D eigenvalue weighted by Crippen LogP contribution is -2.37. The van der Waals surface area contributed by atoms with E-state index < -0.39 is 14.9 Å². The summed E-state index contributed by atoms with van der Waals surface area (Å²) >= 11 is 3.78. The van der Waals surface area contributed by atoms with Crippen molar-refractivity contribution in [2.24, 2.45) is 0 Å². The van der Waals surface area contributed by atoms with E-state index in [4.69, 9.17) is 9.66 Å². The smallest absolute Gasteiger partial charge is 0.271 e. The van der Waals surface area contributed by atoms with Gasteiger partial charge in [-0.05, 0) is 13.3 Å². The Kier molecular flexibility index (Phi) is 3.83. The van der Waals surface area contributed by atoms with Crippen LogP contribution in [0.1, 0.15) is 13.3 Å². The molecule has 1 unspecified atom stereocenters. The van der Waals surface area contributed by atoms with Crippen LogP contribution in [0.3, 0.4) is 0 Å². The summed E-state index contributed by atoms with van der Waals surface area (Å²) in [5, 5.41) is 8.49. The van der Waals surface area contributed by atoms with E-state index in [0.29, 0.717) is 0 Å². The molecule has 0 rings (SSSR count). The molecule has 0 radical (unpaired) electrons. The lowest BCUT2D eigenvalue weighted by atomic mass is 10.1. The van der Waals surface area contributed by atoms with Crippen LogP contribution in [0.5, 0.6) is 0 Å². The summed E-state index contributed by atoms with van der Waals surface area (Å²) in [7, 11) is -4.11. The molecule has 1 atom stereocenters. The maximum Gasteiger partial charge on any atom is 0.271 e. The van der Waals surface area contributed by atoms with Gasteiger partial charge in [0.05, 0.1) is 0 Å². The highest BCUT2D eigenvalue weighted by atomic mass is 32.2. The lowest BCUT2D eigenvalue weighted by Gasteiger charge is -2.22. The topological polar surface area (TPSA) is 74.6 Å². The van der Waals surface area contributed by atoms with Gasteiger partial charge in [0.15, 0.2) is 0 Å². The maximum absolute atomic E-state index is 10.7.